The number of hydrogen-bond donors (Lipinski definition) is 1. The number of rotatable bonds is 4. The molecule has 0 spiro atoms. The molecule has 0 aromatic carbocycles. The Bertz CT molecular complexity index is 490. The fourth-order valence-corrected chi connectivity index (χ4v) is 1.52. The molecule has 6 nitrogen and oxygen atoms in total. The van der Waals surface area contributed by atoms with Gasteiger partial charge in [0.15, 0.2) is 0 Å². The van der Waals surface area contributed by atoms with Crippen molar-refractivity contribution in [2.45, 2.75) is 26.3 Å². The standard InChI is InChI=1S/C11H17N5O/c1-4-7(2)9(12)11-14-10(15-17-11)8-5-13-16(3)6-8/h5-7,9H,4,12H2,1-3H3/t7-,9-/m0/s1. The Hall–Kier alpha value is -1.69. The highest BCUT2D eigenvalue weighted by atomic mass is 16.5. The third-order valence-electron chi connectivity index (χ3n) is 2.95. The lowest BCUT2D eigenvalue weighted by molar-refractivity contribution is 0.312. The summed E-state index contributed by atoms with van der Waals surface area (Å²) >= 11 is 0. The van der Waals surface area contributed by atoms with Gasteiger partial charge in [0, 0.05) is 13.2 Å². The molecule has 92 valence electrons. The summed E-state index contributed by atoms with van der Waals surface area (Å²) in [6.45, 7) is 4.15. The zero-order chi connectivity index (χ0) is 12.4. The molecule has 2 aromatic rings. The first-order valence-electron chi connectivity index (χ1n) is 5.70. The minimum atomic E-state index is -0.210. The van der Waals surface area contributed by atoms with E-state index in [-0.39, 0.29) is 6.04 Å². The van der Waals surface area contributed by atoms with E-state index < -0.39 is 0 Å². The Morgan fingerprint density at radius 1 is 1.53 bits per heavy atom. The van der Waals surface area contributed by atoms with Gasteiger partial charge in [0.1, 0.15) is 0 Å². The molecule has 0 aliphatic rings. The van der Waals surface area contributed by atoms with Crippen LogP contribution in [0.5, 0.6) is 0 Å². The van der Waals surface area contributed by atoms with Gasteiger partial charge < -0.3 is 10.3 Å². The van der Waals surface area contributed by atoms with Gasteiger partial charge >= 0.3 is 0 Å². The highest BCUT2D eigenvalue weighted by Gasteiger charge is 2.20. The van der Waals surface area contributed by atoms with E-state index in [4.69, 9.17) is 10.3 Å². The van der Waals surface area contributed by atoms with Crippen LogP contribution in [0.1, 0.15) is 32.2 Å². The van der Waals surface area contributed by atoms with E-state index in [1.165, 1.54) is 0 Å². The molecule has 0 amide bonds. The van der Waals surface area contributed by atoms with Crippen molar-refractivity contribution in [2.24, 2.45) is 18.7 Å². The lowest BCUT2D eigenvalue weighted by atomic mass is 10.0. The van der Waals surface area contributed by atoms with Gasteiger partial charge in [-0.05, 0) is 5.92 Å². The van der Waals surface area contributed by atoms with Gasteiger partial charge in [0.25, 0.3) is 0 Å². The largest absolute Gasteiger partial charge is 0.337 e. The van der Waals surface area contributed by atoms with Crippen molar-refractivity contribution in [3.63, 3.8) is 0 Å². The quantitative estimate of drug-likeness (QED) is 0.868. The van der Waals surface area contributed by atoms with Crippen molar-refractivity contribution in [3.8, 4) is 11.4 Å². The molecule has 17 heavy (non-hydrogen) atoms. The molecule has 0 unspecified atom stereocenters. The molecule has 0 aliphatic heterocycles. The van der Waals surface area contributed by atoms with Crippen LogP contribution in [0.3, 0.4) is 0 Å². The van der Waals surface area contributed by atoms with Crippen molar-refractivity contribution in [3.05, 3.63) is 18.3 Å². The van der Waals surface area contributed by atoms with Crippen molar-refractivity contribution in [1.82, 2.24) is 19.9 Å². The van der Waals surface area contributed by atoms with Crippen LogP contribution >= 0.6 is 0 Å². The zero-order valence-corrected chi connectivity index (χ0v) is 10.3. The topological polar surface area (TPSA) is 82.8 Å². The van der Waals surface area contributed by atoms with E-state index in [9.17, 15) is 0 Å². The van der Waals surface area contributed by atoms with Gasteiger partial charge in [-0.2, -0.15) is 10.1 Å². The predicted octanol–water partition coefficient (Wildman–Crippen LogP) is 1.52. The van der Waals surface area contributed by atoms with Crippen LogP contribution in [0.4, 0.5) is 0 Å². The molecular weight excluding hydrogens is 218 g/mol. The second kappa shape index (κ2) is 4.67. The van der Waals surface area contributed by atoms with Crippen LogP contribution in [-0.4, -0.2) is 19.9 Å². The van der Waals surface area contributed by atoms with Crippen molar-refractivity contribution >= 4 is 0 Å². The SMILES string of the molecule is CC[C@H](C)[C@H](N)c1nc(-c2cnn(C)c2)no1. The van der Waals surface area contributed by atoms with Crippen LogP contribution in [0.2, 0.25) is 0 Å². The Balaban J connectivity index is 2.21. The molecule has 0 aliphatic carbocycles. The van der Waals surface area contributed by atoms with Gasteiger partial charge in [0.05, 0.1) is 17.8 Å². The van der Waals surface area contributed by atoms with E-state index in [1.54, 1.807) is 10.9 Å². The Labute approximate surface area is 99.8 Å². The summed E-state index contributed by atoms with van der Waals surface area (Å²) in [5, 5.41) is 7.98. The smallest absolute Gasteiger partial charge is 0.244 e. The lowest BCUT2D eigenvalue weighted by Gasteiger charge is -2.12. The fourth-order valence-electron chi connectivity index (χ4n) is 1.52. The lowest BCUT2D eigenvalue weighted by Crippen LogP contribution is -2.18. The summed E-state index contributed by atoms with van der Waals surface area (Å²) in [7, 11) is 1.84. The van der Waals surface area contributed by atoms with Crippen LogP contribution < -0.4 is 5.73 Å². The first kappa shape index (κ1) is 11.8. The molecule has 2 aromatic heterocycles. The predicted molar refractivity (Wildman–Crippen MR) is 62.9 cm³/mol. The third-order valence-corrected chi connectivity index (χ3v) is 2.95. The number of nitrogens with zero attached hydrogens (tertiary/aromatic N) is 4. The van der Waals surface area contributed by atoms with Crippen LogP contribution in [-0.2, 0) is 7.05 Å². The summed E-state index contributed by atoms with van der Waals surface area (Å²) in [4.78, 5) is 4.31. The summed E-state index contributed by atoms with van der Waals surface area (Å²) < 4.78 is 6.88. The maximum Gasteiger partial charge on any atom is 0.244 e. The molecular formula is C11H17N5O. The molecule has 2 rings (SSSR count). The maximum atomic E-state index is 6.03. The van der Waals surface area contributed by atoms with E-state index in [1.807, 2.05) is 13.2 Å². The van der Waals surface area contributed by atoms with E-state index in [2.05, 4.69) is 29.1 Å². The zero-order valence-electron chi connectivity index (χ0n) is 10.3. The van der Waals surface area contributed by atoms with Gasteiger partial charge in [-0.25, -0.2) is 0 Å². The minimum Gasteiger partial charge on any atom is -0.337 e. The molecule has 2 N–H and O–H groups in total. The van der Waals surface area contributed by atoms with Gasteiger partial charge in [-0.1, -0.05) is 25.4 Å². The van der Waals surface area contributed by atoms with Gasteiger partial charge in [-0.3, -0.25) is 4.68 Å². The average molecular weight is 235 g/mol. The van der Waals surface area contributed by atoms with Crippen LogP contribution in [0, 0.1) is 5.92 Å². The number of nitrogens with two attached hydrogens (primary N) is 1. The Kier molecular flexibility index (Phi) is 3.23. The van der Waals surface area contributed by atoms with Crippen molar-refractivity contribution in [2.75, 3.05) is 0 Å². The molecule has 0 fully saturated rings. The first-order valence-corrected chi connectivity index (χ1v) is 5.70. The summed E-state index contributed by atoms with van der Waals surface area (Å²) in [6.07, 6.45) is 4.51. The Morgan fingerprint density at radius 2 is 2.29 bits per heavy atom. The monoisotopic (exact) mass is 235 g/mol. The molecule has 2 heterocycles. The van der Waals surface area contributed by atoms with Crippen molar-refractivity contribution in [1.29, 1.82) is 0 Å². The highest BCUT2D eigenvalue weighted by Crippen LogP contribution is 2.22. The summed E-state index contributed by atoms with van der Waals surface area (Å²) in [6, 6.07) is -0.210. The fraction of sp³-hybridized carbons (Fsp3) is 0.545. The Morgan fingerprint density at radius 3 is 2.88 bits per heavy atom. The van der Waals surface area contributed by atoms with Crippen LogP contribution in [0.15, 0.2) is 16.9 Å². The van der Waals surface area contributed by atoms with Gasteiger partial charge in [0.2, 0.25) is 11.7 Å². The van der Waals surface area contributed by atoms with Crippen LogP contribution in [0.25, 0.3) is 11.4 Å². The molecule has 0 radical (unpaired) electrons. The maximum absolute atomic E-state index is 6.03. The second-order valence-corrected chi connectivity index (χ2v) is 4.27. The highest BCUT2D eigenvalue weighted by molar-refractivity contribution is 5.51. The second-order valence-electron chi connectivity index (χ2n) is 4.27. The number of hydrogen-bond acceptors (Lipinski definition) is 5. The molecule has 0 bridgehead atoms. The minimum absolute atomic E-state index is 0.210. The van der Waals surface area contributed by atoms with E-state index in [0.29, 0.717) is 17.6 Å². The first-order chi connectivity index (χ1) is 8.11. The molecule has 0 saturated carbocycles. The van der Waals surface area contributed by atoms with Gasteiger partial charge in [-0.15, -0.1) is 0 Å². The number of aromatic nitrogens is 4. The number of aryl methyl sites for hydroxylation is 1. The summed E-state index contributed by atoms with van der Waals surface area (Å²) in [5.41, 5.74) is 6.86. The molecule has 6 heteroatoms. The normalized spacial score (nSPS) is 14.8. The molecule has 0 saturated heterocycles. The average Bonchev–Trinajstić information content (AvgIpc) is 2.95. The van der Waals surface area contributed by atoms with Crippen molar-refractivity contribution < 1.29 is 4.52 Å². The summed E-state index contributed by atoms with van der Waals surface area (Å²) in [5.74, 6) is 1.34. The third kappa shape index (κ3) is 2.36. The van der Waals surface area contributed by atoms with E-state index >= 15 is 0 Å². The van der Waals surface area contributed by atoms with E-state index in [0.717, 1.165) is 12.0 Å². The molecule has 2 atom stereocenters.